The third kappa shape index (κ3) is 7.42. The summed E-state index contributed by atoms with van der Waals surface area (Å²) in [6.07, 6.45) is 4.62. The molecule has 14 nitrogen and oxygen atoms in total. The Kier molecular flexibility index (Phi) is 9.83. The standard InChI is InChI=1S/C35H48N6O8S/c1-6-21-19-35(21,33(45)39-50(46,47)25-14-15-25)36-32(44)27-17-22(41-38-31(37-40-41)20-10-12-23(48-5)13-11-20)16-26(27)30(43)28(34(2,3)4)18-29(42)49-24-8-7-9-24/h10-13,21-22,24-28H,6-9,14-19H2,1-5H3,(H,36,44)(H,39,45)/t21?,22-,26?,27+,28?,35-/m0/s1. The Morgan fingerprint density at radius 2 is 1.72 bits per heavy atom. The number of esters is 1. The summed E-state index contributed by atoms with van der Waals surface area (Å²) in [6, 6.07) is 6.70. The van der Waals surface area contributed by atoms with Crippen LogP contribution in [-0.4, -0.2) is 76.2 Å². The lowest BCUT2D eigenvalue weighted by molar-refractivity contribution is -0.157. The van der Waals surface area contributed by atoms with Gasteiger partial charge in [0, 0.05) is 23.3 Å². The molecular weight excluding hydrogens is 664 g/mol. The highest BCUT2D eigenvalue weighted by Crippen LogP contribution is 2.49. The van der Waals surface area contributed by atoms with Crippen molar-refractivity contribution in [3.63, 3.8) is 0 Å². The second kappa shape index (κ2) is 13.7. The average molecular weight is 713 g/mol. The fraction of sp³-hybridized carbons (Fsp3) is 0.686. The third-order valence-corrected chi connectivity index (χ3v) is 12.8. The number of amides is 2. The van der Waals surface area contributed by atoms with E-state index in [-0.39, 0.29) is 37.1 Å². The van der Waals surface area contributed by atoms with Crippen LogP contribution in [0.15, 0.2) is 24.3 Å². The molecule has 4 saturated carbocycles. The molecule has 2 N–H and O–H groups in total. The van der Waals surface area contributed by atoms with Crippen LogP contribution in [0.2, 0.25) is 0 Å². The van der Waals surface area contributed by atoms with E-state index < -0.39 is 67.8 Å². The van der Waals surface area contributed by atoms with Gasteiger partial charge >= 0.3 is 5.97 Å². The van der Waals surface area contributed by atoms with Gasteiger partial charge in [0.05, 0.1) is 24.8 Å². The number of carbonyl (C=O) groups is 4. The first-order valence-corrected chi connectivity index (χ1v) is 19.2. The Morgan fingerprint density at radius 1 is 1.04 bits per heavy atom. The molecule has 6 atom stereocenters. The second-order valence-electron chi connectivity index (χ2n) is 15.5. The van der Waals surface area contributed by atoms with Crippen molar-refractivity contribution in [2.75, 3.05) is 7.11 Å². The third-order valence-electron chi connectivity index (χ3n) is 11.0. The Morgan fingerprint density at radius 3 is 2.28 bits per heavy atom. The van der Waals surface area contributed by atoms with Crippen molar-refractivity contribution in [3.8, 4) is 17.1 Å². The number of sulfonamides is 1. The van der Waals surface area contributed by atoms with Crippen LogP contribution in [0.25, 0.3) is 11.4 Å². The lowest BCUT2D eigenvalue weighted by Gasteiger charge is -2.33. The van der Waals surface area contributed by atoms with Crippen LogP contribution in [0.5, 0.6) is 5.75 Å². The van der Waals surface area contributed by atoms with E-state index in [4.69, 9.17) is 9.47 Å². The topological polar surface area (TPSA) is 189 Å². The minimum absolute atomic E-state index is 0.110. The fourth-order valence-corrected chi connectivity index (χ4v) is 8.69. The minimum atomic E-state index is -3.84. The maximum absolute atomic E-state index is 14.6. The summed E-state index contributed by atoms with van der Waals surface area (Å²) in [5.74, 6) is -3.59. The summed E-state index contributed by atoms with van der Waals surface area (Å²) in [5.41, 5.74) is -1.30. The van der Waals surface area contributed by atoms with E-state index in [0.717, 1.165) is 19.3 Å². The number of benzene rings is 1. The molecule has 1 aromatic heterocycles. The number of tetrazole rings is 1. The molecule has 0 aliphatic heterocycles. The maximum atomic E-state index is 14.6. The molecule has 0 radical (unpaired) electrons. The summed E-state index contributed by atoms with van der Waals surface area (Å²) < 4.78 is 38.5. The molecule has 6 rings (SSSR count). The van der Waals surface area contributed by atoms with Gasteiger partial charge in [0.15, 0.2) is 0 Å². The van der Waals surface area contributed by atoms with Gasteiger partial charge in [-0.15, -0.1) is 10.2 Å². The molecule has 4 fully saturated rings. The van der Waals surface area contributed by atoms with E-state index >= 15 is 0 Å². The number of ether oxygens (including phenoxy) is 2. The van der Waals surface area contributed by atoms with Crippen LogP contribution in [0.1, 0.15) is 97.9 Å². The first kappa shape index (κ1) is 35.9. The van der Waals surface area contributed by atoms with Crippen molar-refractivity contribution >= 4 is 33.6 Å². The second-order valence-corrected chi connectivity index (χ2v) is 17.5. The largest absolute Gasteiger partial charge is 0.497 e. The van der Waals surface area contributed by atoms with Crippen molar-refractivity contribution in [1.82, 2.24) is 30.2 Å². The maximum Gasteiger partial charge on any atom is 0.306 e. The number of carbonyl (C=O) groups excluding carboxylic acids is 4. The van der Waals surface area contributed by atoms with Crippen molar-refractivity contribution in [2.24, 2.45) is 29.1 Å². The van der Waals surface area contributed by atoms with E-state index in [2.05, 4.69) is 25.4 Å². The highest BCUT2D eigenvalue weighted by atomic mass is 32.2. The van der Waals surface area contributed by atoms with Crippen molar-refractivity contribution in [2.45, 2.75) is 115 Å². The number of hydrogen-bond acceptors (Lipinski definition) is 11. The Hall–Kier alpha value is -3.88. The van der Waals surface area contributed by atoms with Gasteiger partial charge < -0.3 is 14.8 Å². The molecule has 4 aliphatic carbocycles. The SMILES string of the molecule is CCC1C[C@@]1(NC(=O)[C@@H]1C[C@@H](n2nnc(-c3ccc(OC)cc3)n2)CC1C(=O)C(CC(=O)OC1CCC1)C(C)(C)C)C(=O)NS(=O)(=O)C1CC1. The molecule has 1 heterocycles. The predicted molar refractivity (Wildman–Crippen MR) is 181 cm³/mol. The van der Waals surface area contributed by atoms with Gasteiger partial charge in [-0.3, -0.25) is 23.9 Å². The number of methoxy groups -OCH3 is 1. The van der Waals surface area contributed by atoms with Crippen molar-refractivity contribution in [1.29, 1.82) is 0 Å². The normalized spacial score (nSPS) is 27.1. The number of nitrogens with zero attached hydrogens (tertiary/aromatic N) is 4. The van der Waals surface area contributed by atoms with E-state index in [1.165, 1.54) is 4.80 Å². The van der Waals surface area contributed by atoms with Crippen LogP contribution in [0.4, 0.5) is 0 Å². The monoisotopic (exact) mass is 712 g/mol. The summed E-state index contributed by atoms with van der Waals surface area (Å²) >= 11 is 0. The molecule has 0 bridgehead atoms. The van der Waals surface area contributed by atoms with Crippen molar-refractivity contribution < 1.29 is 37.1 Å². The number of hydrogen-bond donors (Lipinski definition) is 2. The summed E-state index contributed by atoms with van der Waals surface area (Å²) in [7, 11) is -2.26. The van der Waals surface area contributed by atoms with E-state index in [9.17, 15) is 27.6 Å². The molecule has 15 heteroatoms. The minimum Gasteiger partial charge on any atom is -0.497 e. The summed E-state index contributed by atoms with van der Waals surface area (Å²) in [4.78, 5) is 56.8. The van der Waals surface area contributed by atoms with E-state index in [0.29, 0.717) is 42.8 Å². The number of nitrogens with one attached hydrogen (secondary N) is 2. The predicted octanol–water partition coefficient (Wildman–Crippen LogP) is 3.53. The zero-order chi connectivity index (χ0) is 36.0. The molecule has 2 amide bonds. The van der Waals surface area contributed by atoms with Gasteiger partial charge in [0.2, 0.25) is 21.8 Å². The molecule has 0 spiro atoms. The van der Waals surface area contributed by atoms with E-state index in [1.807, 2.05) is 39.8 Å². The lowest BCUT2D eigenvalue weighted by Crippen LogP contribution is -2.54. The molecule has 0 saturated heterocycles. The highest BCUT2D eigenvalue weighted by Gasteiger charge is 2.62. The Labute approximate surface area is 292 Å². The molecule has 4 aliphatic rings. The van der Waals surface area contributed by atoms with Crippen LogP contribution < -0.4 is 14.8 Å². The van der Waals surface area contributed by atoms with Gasteiger partial charge in [0.25, 0.3) is 5.91 Å². The molecule has 272 valence electrons. The van der Waals surface area contributed by atoms with Gasteiger partial charge in [0.1, 0.15) is 23.2 Å². The first-order chi connectivity index (χ1) is 23.6. The Balaban J connectivity index is 1.26. The number of ketones is 1. The van der Waals surface area contributed by atoms with Crippen molar-refractivity contribution in [3.05, 3.63) is 24.3 Å². The van der Waals surface area contributed by atoms with Crippen LogP contribution in [0, 0.1) is 29.1 Å². The van der Waals surface area contributed by atoms with Gasteiger partial charge in [-0.05, 0) is 92.2 Å². The summed E-state index contributed by atoms with van der Waals surface area (Å²) in [6.45, 7) is 7.56. The Bertz CT molecular complexity index is 1730. The van der Waals surface area contributed by atoms with Gasteiger partial charge in [-0.1, -0.05) is 34.1 Å². The zero-order valence-corrected chi connectivity index (χ0v) is 30.2. The molecule has 2 aromatic rings. The lowest BCUT2D eigenvalue weighted by atomic mass is 9.71. The zero-order valence-electron chi connectivity index (χ0n) is 29.4. The van der Waals surface area contributed by atoms with Crippen LogP contribution >= 0.6 is 0 Å². The smallest absolute Gasteiger partial charge is 0.306 e. The van der Waals surface area contributed by atoms with Crippen LogP contribution in [-0.2, 0) is 33.9 Å². The number of rotatable bonds is 14. The first-order valence-electron chi connectivity index (χ1n) is 17.7. The molecule has 3 unspecified atom stereocenters. The number of Topliss-reactive ketones (excluding diaryl/α,β-unsaturated/α-hetero) is 1. The van der Waals surface area contributed by atoms with E-state index in [1.54, 1.807) is 19.2 Å². The summed E-state index contributed by atoms with van der Waals surface area (Å²) in [5, 5.41) is 15.4. The highest BCUT2D eigenvalue weighted by molar-refractivity contribution is 7.91. The molecule has 1 aromatic carbocycles. The fourth-order valence-electron chi connectivity index (χ4n) is 7.33. The van der Waals surface area contributed by atoms with Gasteiger partial charge in [-0.2, -0.15) is 4.80 Å². The average Bonchev–Trinajstić information content (AvgIpc) is 3.93. The molecule has 50 heavy (non-hydrogen) atoms. The quantitative estimate of drug-likeness (QED) is 0.273. The number of aromatic nitrogens is 4. The van der Waals surface area contributed by atoms with Gasteiger partial charge in [-0.25, -0.2) is 8.42 Å². The molecular formula is C35H48N6O8S. The van der Waals surface area contributed by atoms with Crippen LogP contribution in [0.3, 0.4) is 0 Å².